The van der Waals surface area contributed by atoms with Gasteiger partial charge in [0.25, 0.3) is 0 Å². The van der Waals surface area contributed by atoms with Crippen molar-refractivity contribution >= 4 is 39.5 Å². The van der Waals surface area contributed by atoms with E-state index >= 15 is 0 Å². The van der Waals surface area contributed by atoms with Gasteiger partial charge in [-0.2, -0.15) is 5.11 Å². The van der Waals surface area contributed by atoms with Gasteiger partial charge < -0.3 is 0 Å². The summed E-state index contributed by atoms with van der Waals surface area (Å²) in [6.45, 7) is 6.71. The summed E-state index contributed by atoms with van der Waals surface area (Å²) in [4.78, 5) is 2.57. The lowest BCUT2D eigenvalue weighted by Crippen LogP contribution is -2.31. The van der Waals surface area contributed by atoms with Crippen molar-refractivity contribution in [3.05, 3.63) is 221 Å². The summed E-state index contributed by atoms with van der Waals surface area (Å²) in [5, 5.41) is 12.6. The van der Waals surface area contributed by atoms with Crippen LogP contribution in [0.2, 0.25) is 0 Å². The normalized spacial score (nSPS) is 14.3. The minimum absolute atomic E-state index is 0.477. The Balaban J connectivity index is 1.13. The molecule has 8 aromatic carbocycles. The first-order chi connectivity index (χ1) is 27.1. The van der Waals surface area contributed by atoms with Gasteiger partial charge in [-0.25, -0.2) is 0 Å². The third-order valence-electron chi connectivity index (χ3n) is 11.8. The van der Waals surface area contributed by atoms with Crippen LogP contribution in [0.3, 0.4) is 0 Å². The maximum Gasteiger partial charge on any atom is 0.0970 e. The molecule has 0 aromatic heterocycles. The zero-order valence-electron chi connectivity index (χ0n) is 30.3. The number of hydrogen-bond donors (Lipinski definition) is 0. The summed E-state index contributed by atoms with van der Waals surface area (Å²) < 4.78 is 0. The SMILES string of the molecule is C=C(/N=N\C(=C(/C)c1ccccc1)c1cccc2c1-c1ccccc1C21c2ccccc2Sc2ccccc21)c1ccc2c3c(cccc13)-c1ccccc1-2. The van der Waals surface area contributed by atoms with E-state index in [9.17, 15) is 0 Å². The molecule has 1 spiro atoms. The second-order valence-corrected chi connectivity index (χ2v) is 15.6. The number of hydrogen-bond acceptors (Lipinski definition) is 3. The predicted molar refractivity (Wildman–Crippen MR) is 229 cm³/mol. The highest BCUT2D eigenvalue weighted by Crippen LogP contribution is 2.63. The Kier molecular flexibility index (Phi) is 7.11. The van der Waals surface area contributed by atoms with Crippen molar-refractivity contribution in [1.82, 2.24) is 0 Å². The molecule has 0 unspecified atom stereocenters. The van der Waals surface area contributed by atoms with Crippen LogP contribution in [0.15, 0.2) is 203 Å². The quantitative estimate of drug-likeness (QED) is 0.128. The maximum absolute atomic E-state index is 5.23. The van der Waals surface area contributed by atoms with Crippen LogP contribution in [0.5, 0.6) is 0 Å². The van der Waals surface area contributed by atoms with Gasteiger partial charge in [0.1, 0.15) is 0 Å². The molecule has 0 amide bonds. The van der Waals surface area contributed by atoms with Gasteiger partial charge in [-0.05, 0) is 96.6 Å². The van der Waals surface area contributed by atoms with Crippen LogP contribution >= 0.6 is 11.8 Å². The van der Waals surface area contributed by atoms with Crippen molar-refractivity contribution in [2.24, 2.45) is 10.2 Å². The van der Waals surface area contributed by atoms with Crippen LogP contribution in [0.25, 0.3) is 61.1 Å². The Hall–Kier alpha value is -6.55. The summed E-state index contributed by atoms with van der Waals surface area (Å²) in [5.41, 5.74) is 17.9. The molecule has 0 N–H and O–H groups in total. The minimum Gasteiger partial charge on any atom is -0.151 e. The largest absolute Gasteiger partial charge is 0.151 e. The number of fused-ring (bicyclic) bond motifs is 12. The van der Waals surface area contributed by atoms with Crippen molar-refractivity contribution in [3.63, 3.8) is 0 Å². The van der Waals surface area contributed by atoms with Crippen molar-refractivity contribution in [1.29, 1.82) is 0 Å². The summed E-state index contributed by atoms with van der Waals surface area (Å²) >= 11 is 1.86. The summed E-state index contributed by atoms with van der Waals surface area (Å²) in [6.07, 6.45) is 0. The van der Waals surface area contributed by atoms with E-state index in [-0.39, 0.29) is 0 Å². The lowest BCUT2D eigenvalue weighted by atomic mass is 9.67. The van der Waals surface area contributed by atoms with Crippen molar-refractivity contribution in [3.8, 4) is 33.4 Å². The highest BCUT2D eigenvalue weighted by atomic mass is 32.2. The molecular weight excluding hydrogens is 685 g/mol. The Morgan fingerprint density at radius 2 is 1.04 bits per heavy atom. The fourth-order valence-corrected chi connectivity index (χ4v) is 10.7. The molecule has 2 aliphatic carbocycles. The molecule has 0 saturated heterocycles. The molecular formula is C52H34N2S. The van der Waals surface area contributed by atoms with E-state index in [2.05, 4.69) is 189 Å². The molecule has 0 saturated carbocycles. The van der Waals surface area contributed by atoms with E-state index in [0.717, 1.165) is 33.3 Å². The average Bonchev–Trinajstić information content (AvgIpc) is 3.73. The maximum atomic E-state index is 5.23. The molecule has 8 aromatic rings. The highest BCUT2D eigenvalue weighted by molar-refractivity contribution is 7.99. The van der Waals surface area contributed by atoms with E-state index in [0.29, 0.717) is 5.70 Å². The van der Waals surface area contributed by atoms with Crippen molar-refractivity contribution in [2.75, 3.05) is 0 Å². The smallest absolute Gasteiger partial charge is 0.0970 e. The number of allylic oxidation sites excluding steroid dienone is 1. The molecule has 11 rings (SSSR count). The summed E-state index contributed by atoms with van der Waals surface area (Å²) in [6, 6.07) is 63.7. The molecule has 258 valence electrons. The topological polar surface area (TPSA) is 24.7 Å². The summed E-state index contributed by atoms with van der Waals surface area (Å²) in [7, 11) is 0. The van der Waals surface area contributed by atoms with E-state index in [1.54, 1.807) is 0 Å². The van der Waals surface area contributed by atoms with Crippen LogP contribution in [0.4, 0.5) is 0 Å². The lowest BCUT2D eigenvalue weighted by Gasteiger charge is -2.39. The summed E-state index contributed by atoms with van der Waals surface area (Å²) in [5.74, 6) is 0. The van der Waals surface area contributed by atoms with Gasteiger partial charge in [-0.1, -0.05) is 182 Å². The zero-order chi connectivity index (χ0) is 36.7. The molecule has 1 heterocycles. The average molecular weight is 719 g/mol. The molecule has 1 aliphatic heterocycles. The van der Waals surface area contributed by atoms with Gasteiger partial charge in [0.15, 0.2) is 0 Å². The molecule has 0 bridgehead atoms. The highest BCUT2D eigenvalue weighted by Gasteiger charge is 2.50. The van der Waals surface area contributed by atoms with E-state index in [1.807, 2.05) is 11.8 Å². The van der Waals surface area contributed by atoms with Gasteiger partial charge in [-0.15, -0.1) is 5.11 Å². The molecule has 0 fully saturated rings. The number of rotatable bonds is 5. The Bertz CT molecular complexity index is 2910. The Labute approximate surface area is 325 Å². The first-order valence-corrected chi connectivity index (χ1v) is 19.6. The van der Waals surface area contributed by atoms with Crippen LogP contribution in [0, 0.1) is 0 Å². The van der Waals surface area contributed by atoms with Crippen LogP contribution in [-0.4, -0.2) is 0 Å². The fraction of sp³-hybridized carbons (Fsp3) is 0.0385. The van der Waals surface area contributed by atoms with E-state index < -0.39 is 5.41 Å². The molecule has 0 radical (unpaired) electrons. The second-order valence-electron chi connectivity index (χ2n) is 14.5. The molecule has 0 atom stereocenters. The zero-order valence-corrected chi connectivity index (χ0v) is 31.1. The molecule has 3 heteroatoms. The van der Waals surface area contributed by atoms with E-state index in [4.69, 9.17) is 10.2 Å². The van der Waals surface area contributed by atoms with Crippen LogP contribution < -0.4 is 0 Å². The second kappa shape index (κ2) is 12.2. The Morgan fingerprint density at radius 1 is 0.473 bits per heavy atom. The van der Waals surface area contributed by atoms with Crippen molar-refractivity contribution in [2.45, 2.75) is 22.1 Å². The minimum atomic E-state index is -0.477. The van der Waals surface area contributed by atoms with Crippen LogP contribution in [-0.2, 0) is 5.41 Å². The third-order valence-corrected chi connectivity index (χ3v) is 13.0. The lowest BCUT2D eigenvalue weighted by molar-refractivity contribution is 0.722. The van der Waals surface area contributed by atoms with Gasteiger partial charge in [0.2, 0.25) is 0 Å². The van der Waals surface area contributed by atoms with Gasteiger partial charge >= 0.3 is 0 Å². The molecule has 3 aliphatic rings. The Morgan fingerprint density at radius 3 is 1.76 bits per heavy atom. The third kappa shape index (κ3) is 4.51. The number of nitrogens with zero attached hydrogens (tertiary/aromatic N) is 2. The van der Waals surface area contributed by atoms with Crippen LogP contribution in [0.1, 0.15) is 45.9 Å². The monoisotopic (exact) mass is 718 g/mol. The van der Waals surface area contributed by atoms with Gasteiger partial charge in [0.05, 0.1) is 16.8 Å². The van der Waals surface area contributed by atoms with Gasteiger partial charge in [-0.3, -0.25) is 0 Å². The molecule has 55 heavy (non-hydrogen) atoms. The van der Waals surface area contributed by atoms with E-state index in [1.165, 1.54) is 70.8 Å². The van der Waals surface area contributed by atoms with Gasteiger partial charge in [0, 0.05) is 20.9 Å². The first kappa shape index (κ1) is 31.9. The molecule has 2 nitrogen and oxygen atoms in total. The van der Waals surface area contributed by atoms with Crippen molar-refractivity contribution < 1.29 is 0 Å². The number of benzene rings is 8. The first-order valence-electron chi connectivity index (χ1n) is 18.8. The number of azo groups is 1. The fourth-order valence-electron chi connectivity index (χ4n) is 9.48. The standard InChI is InChI=1S/C52H34N2S/c1-32(34-16-4-3-5-17-34)51(54-53-33(2)35-30-31-40-37-19-7-6-18-36(37)39-22-14-21-38(35)49(39)40)42-23-15-27-46-50(42)41-20-8-9-24-43(41)52(46)44-25-10-12-28-47(44)55-48-29-13-11-26-45(48)52/h3-31H,2H2,1H3/b51-32+,54-53-. The predicted octanol–water partition coefficient (Wildman–Crippen LogP) is 14.3.